The van der Waals surface area contributed by atoms with E-state index in [0.717, 1.165) is 28.9 Å². The molecule has 1 aromatic rings. The largest absolute Gasteiger partial charge is 0.493 e. The normalized spacial score (nSPS) is 23.8. The van der Waals surface area contributed by atoms with Crippen LogP contribution in [0.15, 0.2) is 16.6 Å². The summed E-state index contributed by atoms with van der Waals surface area (Å²) < 4.78 is 11.7. The third kappa shape index (κ3) is 2.58. The second kappa shape index (κ2) is 5.27. The van der Waals surface area contributed by atoms with Crippen LogP contribution in [0.4, 0.5) is 0 Å². The molecule has 1 heterocycles. The maximum absolute atomic E-state index is 5.35. The molecule has 0 aromatic heterocycles. The first-order valence-corrected chi connectivity index (χ1v) is 6.59. The van der Waals surface area contributed by atoms with Crippen molar-refractivity contribution in [3.8, 4) is 11.5 Å². The minimum Gasteiger partial charge on any atom is -0.493 e. The average molecular weight is 300 g/mol. The summed E-state index contributed by atoms with van der Waals surface area (Å²) in [6.45, 7) is 3.24. The predicted octanol–water partition coefficient (Wildman–Crippen LogP) is 2.93. The molecule has 1 N–H and O–H groups in total. The van der Waals surface area contributed by atoms with E-state index in [0.29, 0.717) is 12.0 Å². The number of rotatable bonds is 3. The van der Waals surface area contributed by atoms with Crippen molar-refractivity contribution < 1.29 is 9.47 Å². The number of hydrogen-bond donors (Lipinski definition) is 1. The fourth-order valence-electron chi connectivity index (χ4n) is 2.36. The summed E-state index contributed by atoms with van der Waals surface area (Å²) in [4.78, 5) is 0. The van der Waals surface area contributed by atoms with Gasteiger partial charge in [-0.1, -0.05) is 15.9 Å². The quantitative estimate of drug-likeness (QED) is 0.931. The molecule has 0 saturated carbocycles. The van der Waals surface area contributed by atoms with Crippen LogP contribution in [0.2, 0.25) is 0 Å². The SMILES string of the molecule is COc1cc(Br)c(C2CNC(C)C2)cc1OC. The minimum absolute atomic E-state index is 0.541. The van der Waals surface area contributed by atoms with E-state index in [2.05, 4.69) is 34.2 Å². The highest BCUT2D eigenvalue weighted by molar-refractivity contribution is 9.10. The lowest BCUT2D eigenvalue weighted by Crippen LogP contribution is -2.16. The second-order valence-electron chi connectivity index (χ2n) is 4.47. The van der Waals surface area contributed by atoms with Crippen LogP contribution < -0.4 is 14.8 Å². The average Bonchev–Trinajstić information content (AvgIpc) is 2.75. The third-order valence-corrected chi connectivity index (χ3v) is 3.98. The summed E-state index contributed by atoms with van der Waals surface area (Å²) in [6.07, 6.45) is 1.16. The van der Waals surface area contributed by atoms with Crippen molar-refractivity contribution in [2.45, 2.75) is 25.3 Å². The molecule has 1 aliphatic rings. The highest BCUT2D eigenvalue weighted by Gasteiger charge is 2.25. The van der Waals surface area contributed by atoms with Crippen LogP contribution in [0, 0.1) is 0 Å². The van der Waals surface area contributed by atoms with Gasteiger partial charge in [-0.3, -0.25) is 0 Å². The van der Waals surface area contributed by atoms with Gasteiger partial charge in [-0.05, 0) is 37.0 Å². The summed E-state index contributed by atoms with van der Waals surface area (Å²) in [5, 5.41) is 3.47. The van der Waals surface area contributed by atoms with Crippen molar-refractivity contribution in [1.29, 1.82) is 0 Å². The molecular formula is C13H18BrNO2. The number of methoxy groups -OCH3 is 2. The molecule has 94 valence electrons. The van der Waals surface area contributed by atoms with Crippen LogP contribution in [-0.4, -0.2) is 26.8 Å². The molecular weight excluding hydrogens is 282 g/mol. The standard InChI is InChI=1S/C13H18BrNO2/c1-8-4-9(7-15-8)10-5-12(16-2)13(17-3)6-11(10)14/h5-6,8-9,15H,4,7H2,1-3H3. The number of halogens is 1. The van der Waals surface area contributed by atoms with Crippen molar-refractivity contribution in [2.24, 2.45) is 0 Å². The van der Waals surface area contributed by atoms with E-state index in [-0.39, 0.29) is 0 Å². The first-order chi connectivity index (χ1) is 8.15. The molecule has 1 fully saturated rings. The van der Waals surface area contributed by atoms with Crippen LogP contribution in [0.3, 0.4) is 0 Å². The number of hydrogen-bond acceptors (Lipinski definition) is 3. The van der Waals surface area contributed by atoms with Gasteiger partial charge < -0.3 is 14.8 Å². The van der Waals surface area contributed by atoms with Crippen LogP contribution in [0.25, 0.3) is 0 Å². The molecule has 0 amide bonds. The highest BCUT2D eigenvalue weighted by Crippen LogP contribution is 2.39. The van der Waals surface area contributed by atoms with E-state index in [9.17, 15) is 0 Å². The molecule has 1 aromatic carbocycles. The van der Waals surface area contributed by atoms with Crippen LogP contribution in [-0.2, 0) is 0 Å². The van der Waals surface area contributed by atoms with Gasteiger partial charge in [-0.15, -0.1) is 0 Å². The van der Waals surface area contributed by atoms with E-state index in [1.54, 1.807) is 14.2 Å². The topological polar surface area (TPSA) is 30.5 Å². The molecule has 4 heteroatoms. The smallest absolute Gasteiger partial charge is 0.161 e. The van der Waals surface area contributed by atoms with E-state index in [1.165, 1.54) is 5.56 Å². The van der Waals surface area contributed by atoms with E-state index < -0.39 is 0 Å². The van der Waals surface area contributed by atoms with Gasteiger partial charge >= 0.3 is 0 Å². The maximum Gasteiger partial charge on any atom is 0.161 e. The lowest BCUT2D eigenvalue weighted by molar-refractivity contribution is 0.354. The summed E-state index contributed by atoms with van der Waals surface area (Å²) in [5.74, 6) is 2.10. The Morgan fingerprint density at radius 2 is 1.88 bits per heavy atom. The van der Waals surface area contributed by atoms with Crippen molar-refractivity contribution >= 4 is 15.9 Å². The monoisotopic (exact) mass is 299 g/mol. The molecule has 2 atom stereocenters. The lowest BCUT2D eigenvalue weighted by Gasteiger charge is -2.15. The highest BCUT2D eigenvalue weighted by atomic mass is 79.9. The first-order valence-electron chi connectivity index (χ1n) is 5.80. The number of nitrogens with one attached hydrogen (secondary N) is 1. The van der Waals surface area contributed by atoms with Crippen molar-refractivity contribution in [1.82, 2.24) is 5.32 Å². The Labute approximate surface area is 111 Å². The Morgan fingerprint density at radius 1 is 1.24 bits per heavy atom. The number of benzene rings is 1. The van der Waals surface area contributed by atoms with Crippen molar-refractivity contribution in [3.05, 3.63) is 22.2 Å². The van der Waals surface area contributed by atoms with Crippen molar-refractivity contribution in [2.75, 3.05) is 20.8 Å². The zero-order chi connectivity index (χ0) is 12.4. The molecule has 2 rings (SSSR count). The predicted molar refractivity (Wildman–Crippen MR) is 72.1 cm³/mol. The third-order valence-electron chi connectivity index (χ3n) is 3.29. The van der Waals surface area contributed by atoms with Gasteiger partial charge in [0.15, 0.2) is 11.5 Å². The molecule has 0 bridgehead atoms. The molecule has 2 unspecified atom stereocenters. The fourth-order valence-corrected chi connectivity index (χ4v) is 3.00. The summed E-state index contributed by atoms with van der Waals surface area (Å²) >= 11 is 3.62. The van der Waals surface area contributed by atoms with Gasteiger partial charge in [0.2, 0.25) is 0 Å². The summed E-state index contributed by atoms with van der Waals surface area (Å²) in [6, 6.07) is 4.64. The zero-order valence-corrected chi connectivity index (χ0v) is 12.0. The van der Waals surface area contributed by atoms with Gasteiger partial charge in [0, 0.05) is 17.1 Å². The zero-order valence-electron chi connectivity index (χ0n) is 10.4. The Hall–Kier alpha value is -0.740. The van der Waals surface area contributed by atoms with Gasteiger partial charge in [0.1, 0.15) is 0 Å². The van der Waals surface area contributed by atoms with Gasteiger partial charge in [-0.25, -0.2) is 0 Å². The van der Waals surface area contributed by atoms with Crippen LogP contribution >= 0.6 is 15.9 Å². The fraction of sp³-hybridized carbons (Fsp3) is 0.538. The first kappa shape index (κ1) is 12.7. The second-order valence-corrected chi connectivity index (χ2v) is 5.32. The Morgan fingerprint density at radius 3 is 2.41 bits per heavy atom. The van der Waals surface area contributed by atoms with Crippen LogP contribution in [0.1, 0.15) is 24.8 Å². The molecule has 3 nitrogen and oxygen atoms in total. The van der Waals surface area contributed by atoms with Crippen molar-refractivity contribution in [3.63, 3.8) is 0 Å². The minimum atomic E-state index is 0.541. The molecule has 1 saturated heterocycles. The summed E-state index contributed by atoms with van der Waals surface area (Å²) in [7, 11) is 3.33. The van der Waals surface area contributed by atoms with Gasteiger partial charge in [-0.2, -0.15) is 0 Å². The molecule has 1 aliphatic heterocycles. The lowest BCUT2D eigenvalue weighted by atomic mass is 9.96. The van der Waals surface area contributed by atoms with E-state index >= 15 is 0 Å². The van der Waals surface area contributed by atoms with E-state index in [1.807, 2.05) is 6.07 Å². The van der Waals surface area contributed by atoms with Gasteiger partial charge in [0.05, 0.1) is 14.2 Å². The summed E-state index contributed by atoms with van der Waals surface area (Å²) in [5.41, 5.74) is 1.29. The van der Waals surface area contributed by atoms with Crippen LogP contribution in [0.5, 0.6) is 11.5 Å². The molecule has 0 radical (unpaired) electrons. The van der Waals surface area contributed by atoms with E-state index in [4.69, 9.17) is 9.47 Å². The molecule has 17 heavy (non-hydrogen) atoms. The molecule has 0 spiro atoms. The van der Waals surface area contributed by atoms with Gasteiger partial charge in [0.25, 0.3) is 0 Å². The maximum atomic E-state index is 5.35. The Bertz CT molecular complexity index is 409. The Balaban J connectivity index is 2.34. The number of ether oxygens (including phenoxy) is 2. The Kier molecular flexibility index (Phi) is 3.94. The molecule has 0 aliphatic carbocycles.